The van der Waals surface area contributed by atoms with Crippen LogP contribution in [0.15, 0.2) is 116 Å². The van der Waals surface area contributed by atoms with Gasteiger partial charge in [0.1, 0.15) is 17.3 Å². The van der Waals surface area contributed by atoms with Gasteiger partial charge in [-0.25, -0.2) is 4.99 Å². The molecule has 0 saturated heterocycles. The predicted octanol–water partition coefficient (Wildman–Crippen LogP) is 5.05. The fourth-order valence-corrected chi connectivity index (χ4v) is 6.01. The molecule has 0 aliphatic carbocycles. The van der Waals surface area contributed by atoms with Crippen LogP contribution in [0.1, 0.15) is 24.3 Å². The SMILES string of the molecule is COc1ccc([C@@H]2C(C(=O)Nc3ccccc3)=C(C)N=c3s/c(=C/c4ccc(-c5ccccc5[N+](=O)[O-])o4)c(=O)n32)cc1. The zero-order chi connectivity index (χ0) is 30.1. The summed E-state index contributed by atoms with van der Waals surface area (Å²) in [5.41, 5.74) is 2.04. The summed E-state index contributed by atoms with van der Waals surface area (Å²) >= 11 is 1.17. The summed E-state index contributed by atoms with van der Waals surface area (Å²) in [6, 6.07) is 25.1. The van der Waals surface area contributed by atoms with Crippen LogP contribution in [-0.2, 0) is 4.79 Å². The zero-order valence-electron chi connectivity index (χ0n) is 23.0. The number of rotatable bonds is 7. The quantitative estimate of drug-likeness (QED) is 0.208. The monoisotopic (exact) mass is 592 g/mol. The van der Waals surface area contributed by atoms with Crippen molar-refractivity contribution in [3.63, 3.8) is 0 Å². The number of nitrogens with zero attached hydrogens (tertiary/aromatic N) is 3. The van der Waals surface area contributed by atoms with Crippen molar-refractivity contribution in [3.8, 4) is 17.1 Å². The van der Waals surface area contributed by atoms with E-state index in [9.17, 15) is 19.7 Å². The Balaban J connectivity index is 1.45. The van der Waals surface area contributed by atoms with E-state index >= 15 is 0 Å². The number of fused-ring (bicyclic) bond motifs is 1. The first kappa shape index (κ1) is 27.6. The lowest BCUT2D eigenvalue weighted by atomic mass is 9.95. The Kier molecular flexibility index (Phi) is 7.31. The number of nitro benzene ring substituents is 1. The van der Waals surface area contributed by atoms with Gasteiger partial charge in [0.2, 0.25) is 0 Å². The molecule has 0 radical (unpaired) electrons. The number of methoxy groups -OCH3 is 1. The fraction of sp³-hybridized carbons (Fsp3) is 0.0938. The van der Waals surface area contributed by atoms with Gasteiger partial charge >= 0.3 is 0 Å². The fourth-order valence-electron chi connectivity index (χ4n) is 4.98. The third kappa shape index (κ3) is 5.29. The molecule has 1 aliphatic heterocycles. The van der Waals surface area contributed by atoms with E-state index in [0.717, 1.165) is 0 Å². The zero-order valence-corrected chi connectivity index (χ0v) is 23.8. The Hall–Kier alpha value is -5.55. The second-order valence-corrected chi connectivity index (χ2v) is 10.7. The van der Waals surface area contributed by atoms with Gasteiger partial charge in [-0.05, 0) is 55.0 Å². The van der Waals surface area contributed by atoms with Gasteiger partial charge in [-0.3, -0.25) is 24.3 Å². The topological polar surface area (TPSA) is 129 Å². The van der Waals surface area contributed by atoms with Crippen molar-refractivity contribution in [2.24, 2.45) is 4.99 Å². The lowest BCUT2D eigenvalue weighted by Gasteiger charge is -2.25. The molecule has 10 nitrogen and oxygen atoms in total. The van der Waals surface area contributed by atoms with Crippen LogP contribution in [0.4, 0.5) is 11.4 Å². The number of para-hydroxylation sites is 2. The van der Waals surface area contributed by atoms with Crippen LogP contribution >= 0.6 is 11.3 Å². The van der Waals surface area contributed by atoms with Gasteiger partial charge in [-0.15, -0.1) is 0 Å². The maximum Gasteiger partial charge on any atom is 0.280 e. The number of thiazole rings is 1. The molecular weight excluding hydrogens is 568 g/mol. The van der Waals surface area contributed by atoms with E-state index in [2.05, 4.69) is 10.3 Å². The molecule has 214 valence electrons. The van der Waals surface area contributed by atoms with Gasteiger partial charge in [0.05, 0.1) is 39.4 Å². The van der Waals surface area contributed by atoms with Gasteiger partial charge in [0.25, 0.3) is 17.2 Å². The second-order valence-electron chi connectivity index (χ2n) is 9.65. The highest BCUT2D eigenvalue weighted by atomic mass is 32.1. The van der Waals surface area contributed by atoms with Crippen LogP contribution in [0.3, 0.4) is 0 Å². The molecule has 1 amide bonds. The van der Waals surface area contributed by atoms with Gasteiger partial charge in [0, 0.05) is 17.8 Å². The summed E-state index contributed by atoms with van der Waals surface area (Å²) in [4.78, 5) is 43.7. The normalized spacial score (nSPS) is 14.7. The lowest BCUT2D eigenvalue weighted by molar-refractivity contribution is -0.384. The number of allylic oxidation sites excluding steroid dienone is 1. The molecule has 0 unspecified atom stereocenters. The third-order valence-electron chi connectivity index (χ3n) is 7.00. The summed E-state index contributed by atoms with van der Waals surface area (Å²) in [5, 5.41) is 14.4. The van der Waals surface area contributed by atoms with Crippen LogP contribution in [0.25, 0.3) is 17.4 Å². The second kappa shape index (κ2) is 11.4. The molecule has 0 fully saturated rings. The van der Waals surface area contributed by atoms with E-state index in [4.69, 9.17) is 9.15 Å². The first-order chi connectivity index (χ1) is 20.8. The molecular formula is C32H24N4O6S. The van der Waals surface area contributed by atoms with Crippen LogP contribution in [0.5, 0.6) is 5.75 Å². The summed E-state index contributed by atoms with van der Waals surface area (Å²) in [6.07, 6.45) is 1.58. The smallest absolute Gasteiger partial charge is 0.280 e. The van der Waals surface area contributed by atoms with Crippen molar-refractivity contribution < 1.29 is 18.9 Å². The average molecular weight is 593 g/mol. The third-order valence-corrected chi connectivity index (χ3v) is 7.98. The van der Waals surface area contributed by atoms with E-state index < -0.39 is 11.0 Å². The summed E-state index contributed by atoms with van der Waals surface area (Å²) in [5.74, 6) is 0.914. The van der Waals surface area contributed by atoms with Crippen LogP contribution in [0.2, 0.25) is 0 Å². The van der Waals surface area contributed by atoms with Crippen molar-refractivity contribution in [1.82, 2.24) is 4.57 Å². The number of hydrogen-bond donors (Lipinski definition) is 1. The molecule has 6 rings (SSSR count). The summed E-state index contributed by atoms with van der Waals surface area (Å²) in [7, 11) is 1.57. The molecule has 1 N–H and O–H groups in total. The van der Waals surface area contributed by atoms with Crippen molar-refractivity contribution in [2.45, 2.75) is 13.0 Å². The molecule has 3 aromatic carbocycles. The number of ether oxygens (including phenoxy) is 1. The van der Waals surface area contributed by atoms with E-state index in [-0.39, 0.29) is 17.2 Å². The van der Waals surface area contributed by atoms with Gasteiger partial charge in [-0.2, -0.15) is 0 Å². The highest BCUT2D eigenvalue weighted by molar-refractivity contribution is 7.07. The van der Waals surface area contributed by atoms with Gasteiger partial charge in [0.15, 0.2) is 4.80 Å². The van der Waals surface area contributed by atoms with Crippen LogP contribution in [-0.4, -0.2) is 22.5 Å². The van der Waals surface area contributed by atoms with Crippen molar-refractivity contribution in [3.05, 3.63) is 143 Å². The molecule has 0 spiro atoms. The Bertz CT molecular complexity index is 2070. The molecule has 0 bridgehead atoms. The number of amides is 1. The highest BCUT2D eigenvalue weighted by Crippen LogP contribution is 2.33. The molecule has 11 heteroatoms. The van der Waals surface area contributed by atoms with Gasteiger partial charge in [-0.1, -0.05) is 53.8 Å². The van der Waals surface area contributed by atoms with Crippen molar-refractivity contribution >= 4 is 34.7 Å². The van der Waals surface area contributed by atoms with E-state index in [1.807, 2.05) is 30.3 Å². The minimum Gasteiger partial charge on any atom is -0.497 e. The number of anilines is 1. The number of nitrogens with one attached hydrogen (secondary N) is 1. The number of aromatic nitrogens is 1. The minimum atomic E-state index is -0.757. The first-order valence-electron chi connectivity index (χ1n) is 13.2. The van der Waals surface area contributed by atoms with E-state index in [1.165, 1.54) is 22.0 Å². The molecule has 1 atom stereocenters. The predicted molar refractivity (Wildman–Crippen MR) is 163 cm³/mol. The Morgan fingerprint density at radius 3 is 2.49 bits per heavy atom. The number of carbonyl (C=O) groups excluding carboxylic acids is 1. The average Bonchev–Trinajstić information content (AvgIpc) is 3.61. The number of hydrogen-bond acceptors (Lipinski definition) is 8. The molecule has 3 heterocycles. The highest BCUT2D eigenvalue weighted by Gasteiger charge is 2.32. The molecule has 0 saturated carbocycles. The lowest BCUT2D eigenvalue weighted by Crippen LogP contribution is -2.40. The minimum absolute atomic E-state index is 0.0842. The summed E-state index contributed by atoms with van der Waals surface area (Å²) in [6.45, 7) is 1.75. The molecule has 5 aromatic rings. The Labute approximate surface area is 248 Å². The largest absolute Gasteiger partial charge is 0.497 e. The molecule has 1 aliphatic rings. The van der Waals surface area contributed by atoms with Crippen LogP contribution < -0.4 is 24.9 Å². The van der Waals surface area contributed by atoms with E-state index in [1.54, 1.807) is 74.7 Å². The number of benzene rings is 3. The first-order valence-corrected chi connectivity index (χ1v) is 14.0. The number of furan rings is 1. The molecule has 2 aromatic heterocycles. The van der Waals surface area contributed by atoms with Crippen molar-refractivity contribution in [2.75, 3.05) is 12.4 Å². The molecule has 43 heavy (non-hydrogen) atoms. The maximum atomic E-state index is 14.0. The Morgan fingerprint density at radius 2 is 1.77 bits per heavy atom. The Morgan fingerprint density at radius 1 is 1.05 bits per heavy atom. The summed E-state index contributed by atoms with van der Waals surface area (Å²) < 4.78 is 13.1. The maximum absolute atomic E-state index is 14.0. The van der Waals surface area contributed by atoms with Crippen LogP contribution in [0, 0.1) is 10.1 Å². The van der Waals surface area contributed by atoms with Gasteiger partial charge < -0.3 is 14.5 Å². The van der Waals surface area contributed by atoms with Crippen molar-refractivity contribution in [1.29, 1.82) is 0 Å². The number of nitro groups is 1. The van der Waals surface area contributed by atoms with E-state index in [0.29, 0.717) is 54.7 Å². The number of carbonyl (C=O) groups is 1. The standard InChI is InChI=1S/C32H24N4O6S/c1-19-28(30(37)34-21-8-4-3-5-9-21)29(20-12-14-22(41-2)15-13-20)35-31(38)27(43-32(35)33-19)18-23-16-17-26(42-23)24-10-6-7-11-25(24)36(39)40/h3-18,29H,1-2H3,(H,34,37)/b27-18+/t29-/m1/s1.